The van der Waals surface area contributed by atoms with Crippen molar-refractivity contribution in [3.63, 3.8) is 0 Å². The van der Waals surface area contributed by atoms with Crippen molar-refractivity contribution < 1.29 is 4.79 Å². The summed E-state index contributed by atoms with van der Waals surface area (Å²) in [7, 11) is 0. The van der Waals surface area contributed by atoms with Crippen LogP contribution in [0.25, 0.3) is 0 Å². The zero-order valence-corrected chi connectivity index (χ0v) is 14.9. The van der Waals surface area contributed by atoms with Crippen LogP contribution in [0, 0.1) is 0 Å². The molecule has 2 rings (SSSR count). The molecule has 1 aromatic rings. The summed E-state index contributed by atoms with van der Waals surface area (Å²) < 4.78 is 3.05. The van der Waals surface area contributed by atoms with Crippen molar-refractivity contribution >= 4 is 21.8 Å². The highest BCUT2D eigenvalue weighted by atomic mass is 79.9. The molecule has 2 heterocycles. The number of hydrogen-bond donors (Lipinski definition) is 0. The molecule has 1 saturated heterocycles. The Morgan fingerprint density at radius 1 is 1.38 bits per heavy atom. The number of likely N-dealkylation sites (N-methyl/N-ethyl adjacent to an activating group) is 1. The zero-order valence-electron chi connectivity index (χ0n) is 13.3. The van der Waals surface area contributed by atoms with Crippen molar-refractivity contribution in [3.8, 4) is 0 Å². The molecular formula is C16H26BrN3O. The predicted octanol–water partition coefficient (Wildman–Crippen LogP) is 3.22. The monoisotopic (exact) mass is 355 g/mol. The molecule has 0 aliphatic carbocycles. The zero-order chi connectivity index (χ0) is 15.4. The van der Waals surface area contributed by atoms with Crippen LogP contribution in [0.2, 0.25) is 0 Å². The third-order valence-electron chi connectivity index (χ3n) is 4.33. The smallest absolute Gasteiger partial charge is 0.270 e. The number of halogens is 1. The van der Waals surface area contributed by atoms with E-state index in [0.29, 0.717) is 6.04 Å². The van der Waals surface area contributed by atoms with E-state index in [1.54, 1.807) is 0 Å². The Hall–Kier alpha value is -0.810. The Balaban J connectivity index is 2.08. The lowest BCUT2D eigenvalue weighted by Gasteiger charge is -2.26. The van der Waals surface area contributed by atoms with Gasteiger partial charge in [-0.05, 0) is 47.9 Å². The highest BCUT2D eigenvalue weighted by Gasteiger charge is 2.30. The summed E-state index contributed by atoms with van der Waals surface area (Å²) in [5, 5.41) is 0. The number of rotatable bonds is 6. The molecule has 118 valence electrons. The van der Waals surface area contributed by atoms with Gasteiger partial charge in [-0.15, -0.1) is 0 Å². The van der Waals surface area contributed by atoms with Crippen LogP contribution in [0.3, 0.4) is 0 Å². The van der Waals surface area contributed by atoms with Gasteiger partial charge in [-0.1, -0.05) is 20.8 Å². The maximum Gasteiger partial charge on any atom is 0.270 e. The Morgan fingerprint density at radius 2 is 2.10 bits per heavy atom. The second kappa shape index (κ2) is 7.45. The molecule has 1 aliphatic heterocycles. The van der Waals surface area contributed by atoms with Crippen LogP contribution in [0.1, 0.15) is 44.1 Å². The average Bonchev–Trinajstić information content (AvgIpc) is 3.07. The van der Waals surface area contributed by atoms with Gasteiger partial charge in [0, 0.05) is 36.3 Å². The largest absolute Gasteiger partial charge is 0.342 e. The van der Waals surface area contributed by atoms with Gasteiger partial charge in [0.05, 0.1) is 0 Å². The van der Waals surface area contributed by atoms with Gasteiger partial charge < -0.3 is 9.47 Å². The number of aromatic nitrogens is 1. The second-order valence-corrected chi connectivity index (χ2v) is 6.57. The van der Waals surface area contributed by atoms with E-state index < -0.39 is 0 Å². The number of carbonyl (C=O) groups excluding carboxylic acids is 1. The van der Waals surface area contributed by atoms with Gasteiger partial charge >= 0.3 is 0 Å². The van der Waals surface area contributed by atoms with Crippen molar-refractivity contribution in [3.05, 3.63) is 22.4 Å². The van der Waals surface area contributed by atoms with E-state index in [0.717, 1.165) is 55.7 Å². The van der Waals surface area contributed by atoms with Gasteiger partial charge in [0.25, 0.3) is 5.91 Å². The fourth-order valence-electron chi connectivity index (χ4n) is 3.21. The summed E-state index contributed by atoms with van der Waals surface area (Å²) in [5.74, 6) is 0.170. The third kappa shape index (κ3) is 3.69. The number of hydrogen-bond acceptors (Lipinski definition) is 2. The van der Waals surface area contributed by atoms with E-state index in [2.05, 4.69) is 46.2 Å². The van der Waals surface area contributed by atoms with Crippen LogP contribution >= 0.6 is 15.9 Å². The van der Waals surface area contributed by atoms with Gasteiger partial charge in [-0.2, -0.15) is 0 Å². The van der Waals surface area contributed by atoms with Crippen LogP contribution < -0.4 is 0 Å². The van der Waals surface area contributed by atoms with Crippen molar-refractivity contribution in [2.45, 2.75) is 46.2 Å². The van der Waals surface area contributed by atoms with Crippen molar-refractivity contribution in [2.75, 3.05) is 26.2 Å². The normalized spacial score (nSPS) is 18.7. The molecule has 0 saturated carbocycles. The van der Waals surface area contributed by atoms with Crippen LogP contribution in [0.15, 0.2) is 16.7 Å². The molecule has 0 spiro atoms. The topological polar surface area (TPSA) is 28.5 Å². The number of likely N-dealkylation sites (tertiary alicyclic amines) is 1. The summed E-state index contributed by atoms with van der Waals surface area (Å²) in [6.45, 7) is 11.2. The minimum absolute atomic E-state index is 0.170. The van der Waals surface area contributed by atoms with Crippen molar-refractivity contribution in [1.82, 2.24) is 14.4 Å². The SMILES string of the molecule is CCCn1cc(Br)cc1C(=O)N1CCC(N(CC)CC)C1. The summed E-state index contributed by atoms with van der Waals surface area (Å²) in [4.78, 5) is 17.2. The lowest BCUT2D eigenvalue weighted by molar-refractivity contribution is 0.0767. The first-order valence-electron chi connectivity index (χ1n) is 7.99. The standard InChI is InChI=1S/C16H26BrN3O/c1-4-8-19-11-13(17)10-15(19)16(21)20-9-7-14(12-20)18(5-2)6-3/h10-11,14H,4-9,12H2,1-3H3. The minimum atomic E-state index is 0.170. The van der Waals surface area contributed by atoms with E-state index in [1.165, 1.54) is 0 Å². The number of carbonyl (C=O) groups is 1. The lowest BCUT2D eigenvalue weighted by Crippen LogP contribution is -2.39. The third-order valence-corrected chi connectivity index (χ3v) is 4.76. The van der Waals surface area contributed by atoms with E-state index in [1.807, 2.05) is 17.2 Å². The Bertz CT molecular complexity index is 482. The molecule has 0 N–H and O–H groups in total. The quantitative estimate of drug-likeness (QED) is 0.783. The van der Waals surface area contributed by atoms with E-state index >= 15 is 0 Å². The summed E-state index contributed by atoms with van der Waals surface area (Å²) >= 11 is 3.49. The molecule has 1 atom stereocenters. The molecule has 1 amide bonds. The van der Waals surface area contributed by atoms with E-state index in [4.69, 9.17) is 0 Å². The molecule has 1 aromatic heterocycles. The molecule has 1 fully saturated rings. The Kier molecular flexibility index (Phi) is 5.88. The van der Waals surface area contributed by atoms with Gasteiger partial charge in [-0.3, -0.25) is 9.69 Å². The molecule has 1 aliphatic rings. The molecule has 5 heteroatoms. The summed E-state index contributed by atoms with van der Waals surface area (Å²) in [6, 6.07) is 2.46. The summed E-state index contributed by atoms with van der Waals surface area (Å²) in [5.41, 5.74) is 0.809. The molecular weight excluding hydrogens is 330 g/mol. The molecule has 0 aromatic carbocycles. The van der Waals surface area contributed by atoms with Crippen molar-refractivity contribution in [1.29, 1.82) is 0 Å². The van der Waals surface area contributed by atoms with Gasteiger partial charge in [-0.25, -0.2) is 0 Å². The lowest BCUT2D eigenvalue weighted by atomic mass is 10.2. The first kappa shape index (κ1) is 16.6. The molecule has 21 heavy (non-hydrogen) atoms. The molecule has 0 bridgehead atoms. The van der Waals surface area contributed by atoms with Crippen LogP contribution in [0.4, 0.5) is 0 Å². The highest BCUT2D eigenvalue weighted by Crippen LogP contribution is 2.21. The average molecular weight is 356 g/mol. The van der Waals surface area contributed by atoms with E-state index in [9.17, 15) is 4.79 Å². The second-order valence-electron chi connectivity index (χ2n) is 5.65. The fourth-order valence-corrected chi connectivity index (χ4v) is 3.67. The maximum atomic E-state index is 12.8. The van der Waals surface area contributed by atoms with Gasteiger partial charge in [0.2, 0.25) is 0 Å². The van der Waals surface area contributed by atoms with Gasteiger partial charge in [0.1, 0.15) is 5.69 Å². The van der Waals surface area contributed by atoms with Crippen molar-refractivity contribution in [2.24, 2.45) is 0 Å². The highest BCUT2D eigenvalue weighted by molar-refractivity contribution is 9.10. The minimum Gasteiger partial charge on any atom is -0.342 e. The fraction of sp³-hybridized carbons (Fsp3) is 0.688. The number of amides is 1. The predicted molar refractivity (Wildman–Crippen MR) is 89.7 cm³/mol. The van der Waals surface area contributed by atoms with E-state index in [-0.39, 0.29) is 5.91 Å². The molecule has 1 unspecified atom stereocenters. The van der Waals surface area contributed by atoms with Crippen LogP contribution in [-0.2, 0) is 6.54 Å². The summed E-state index contributed by atoms with van der Waals surface area (Å²) in [6.07, 6.45) is 4.13. The van der Waals surface area contributed by atoms with Crippen LogP contribution in [-0.4, -0.2) is 52.5 Å². The Labute approximate surface area is 136 Å². The van der Waals surface area contributed by atoms with Crippen LogP contribution in [0.5, 0.6) is 0 Å². The Morgan fingerprint density at radius 3 is 2.71 bits per heavy atom. The molecule has 0 radical (unpaired) electrons. The first-order chi connectivity index (χ1) is 10.1. The molecule has 4 nitrogen and oxygen atoms in total. The number of nitrogens with zero attached hydrogens (tertiary/aromatic N) is 3. The maximum absolute atomic E-state index is 12.8. The first-order valence-corrected chi connectivity index (χ1v) is 8.78. The number of aryl methyl sites for hydroxylation is 1. The van der Waals surface area contributed by atoms with Gasteiger partial charge in [0.15, 0.2) is 0 Å².